The Bertz CT molecular complexity index is 271. The topological polar surface area (TPSA) is 17.1 Å². The Morgan fingerprint density at radius 1 is 1.33 bits per heavy atom. The molecule has 0 saturated heterocycles. The summed E-state index contributed by atoms with van der Waals surface area (Å²) >= 11 is 6.57. The Kier molecular flexibility index (Phi) is 4.41. The highest BCUT2D eigenvalue weighted by atomic mass is 79.9. The highest BCUT2D eigenvalue weighted by Gasteiger charge is 2.03. The first kappa shape index (κ1) is 10.4. The predicted octanol–water partition coefficient (Wildman–Crippen LogP) is 3.62. The quantitative estimate of drug-likeness (QED) is 0.615. The van der Waals surface area contributed by atoms with Gasteiger partial charge < -0.3 is 0 Å². The van der Waals surface area contributed by atoms with Crippen molar-refractivity contribution in [1.29, 1.82) is 0 Å². The molecule has 0 fully saturated rings. The lowest BCUT2D eigenvalue weighted by molar-refractivity contribution is 0.102. The summed E-state index contributed by atoms with van der Waals surface area (Å²) in [5, 5.41) is 0. The summed E-state index contributed by atoms with van der Waals surface area (Å²) < 4.78 is 1.00. The van der Waals surface area contributed by atoms with Crippen molar-refractivity contribution in [2.75, 3.05) is 6.16 Å². The predicted molar refractivity (Wildman–Crippen MR) is 60.6 cm³/mol. The van der Waals surface area contributed by atoms with E-state index < -0.39 is 0 Å². The summed E-state index contributed by atoms with van der Waals surface area (Å²) in [6.45, 7) is 0. The molecule has 4 heteroatoms. The molecule has 1 atom stereocenters. The fourth-order valence-corrected chi connectivity index (χ4v) is 2.15. The van der Waals surface area contributed by atoms with Gasteiger partial charge in [0.25, 0.3) is 0 Å². The molecule has 1 aromatic rings. The van der Waals surface area contributed by atoms with Crippen LogP contribution in [-0.4, -0.2) is 11.9 Å². The smallest absolute Gasteiger partial charge is 0.167 e. The number of carbonyl (C=O) groups excluding carboxylic acids is 1. The molecule has 0 aromatic heterocycles. The maximum Gasteiger partial charge on any atom is 0.167 e. The number of hydrogen-bond acceptors (Lipinski definition) is 1. The minimum absolute atomic E-state index is 0.192. The molecule has 1 nitrogen and oxygen atoms in total. The van der Waals surface area contributed by atoms with Gasteiger partial charge in [-0.15, -0.1) is 0 Å². The highest BCUT2D eigenvalue weighted by molar-refractivity contribution is 9.36. The maximum absolute atomic E-state index is 11.3. The minimum Gasteiger partial charge on any atom is -0.294 e. The molecule has 0 spiro atoms. The zero-order chi connectivity index (χ0) is 8.97. The van der Waals surface area contributed by atoms with E-state index in [0.29, 0.717) is 13.4 Å². The van der Waals surface area contributed by atoms with E-state index in [1.165, 1.54) is 0 Å². The Morgan fingerprint density at radius 3 is 2.42 bits per heavy atom. The van der Waals surface area contributed by atoms with Crippen molar-refractivity contribution < 1.29 is 4.79 Å². The SMILES string of the molecule is O=C(CPBr)c1ccc(Br)cc1. The molecule has 0 aliphatic rings. The van der Waals surface area contributed by atoms with E-state index in [0.717, 1.165) is 10.0 Å². The zero-order valence-electron chi connectivity index (χ0n) is 6.18. The molecule has 1 aromatic carbocycles. The summed E-state index contributed by atoms with van der Waals surface area (Å²) in [6, 6.07) is 7.42. The number of ketones is 1. The number of Topliss-reactive ketones (excluding diaryl/α,β-unsaturated/α-hetero) is 1. The third-order valence-electron chi connectivity index (χ3n) is 1.39. The van der Waals surface area contributed by atoms with Gasteiger partial charge in [-0.05, 0) is 19.4 Å². The molecule has 0 bridgehead atoms. The van der Waals surface area contributed by atoms with Crippen LogP contribution in [0.4, 0.5) is 0 Å². The number of hydrogen-bond donors (Lipinski definition) is 0. The molecule has 0 saturated carbocycles. The molecule has 0 aliphatic heterocycles. The van der Waals surface area contributed by atoms with Gasteiger partial charge in [0.05, 0.1) is 0 Å². The molecule has 12 heavy (non-hydrogen) atoms. The maximum atomic E-state index is 11.3. The lowest BCUT2D eigenvalue weighted by Gasteiger charge is -1.97. The van der Waals surface area contributed by atoms with Gasteiger partial charge in [-0.2, -0.15) is 0 Å². The van der Waals surface area contributed by atoms with Crippen molar-refractivity contribution in [2.45, 2.75) is 0 Å². The van der Waals surface area contributed by atoms with E-state index >= 15 is 0 Å². The van der Waals surface area contributed by atoms with E-state index in [1.807, 2.05) is 24.3 Å². The van der Waals surface area contributed by atoms with Crippen LogP contribution in [0, 0.1) is 0 Å². The zero-order valence-corrected chi connectivity index (χ0v) is 10.4. The number of carbonyl (C=O) groups is 1. The third kappa shape index (κ3) is 2.96. The standard InChI is InChI=1S/C8H7Br2OP/c9-7-3-1-6(2-4-7)8(11)5-12-10/h1-4,12H,5H2. The van der Waals surface area contributed by atoms with Crippen molar-refractivity contribution in [3.05, 3.63) is 34.3 Å². The molecule has 0 heterocycles. The molecule has 0 N–H and O–H groups in total. The van der Waals surface area contributed by atoms with E-state index in [2.05, 4.69) is 31.4 Å². The summed E-state index contributed by atoms with van der Waals surface area (Å²) in [5.41, 5.74) is 0.783. The second-order valence-corrected chi connectivity index (χ2v) is 5.46. The fraction of sp³-hybridized carbons (Fsp3) is 0.125. The molecule has 64 valence electrons. The van der Waals surface area contributed by atoms with Crippen LogP contribution < -0.4 is 0 Å². The number of rotatable bonds is 3. The molecule has 1 rings (SSSR count). The number of benzene rings is 1. The van der Waals surface area contributed by atoms with Gasteiger partial charge in [0.1, 0.15) is 0 Å². The van der Waals surface area contributed by atoms with Crippen LogP contribution in [0.1, 0.15) is 10.4 Å². The van der Waals surface area contributed by atoms with Crippen molar-refractivity contribution in [2.24, 2.45) is 0 Å². The summed E-state index contributed by atoms with van der Waals surface area (Å²) in [6.07, 6.45) is 0.585. The van der Waals surface area contributed by atoms with Crippen LogP contribution in [0.25, 0.3) is 0 Å². The summed E-state index contributed by atoms with van der Waals surface area (Å²) in [7, 11) is 0.512. The average Bonchev–Trinajstić information content (AvgIpc) is 2.06. The largest absolute Gasteiger partial charge is 0.294 e. The first-order valence-corrected chi connectivity index (χ1v) is 7.62. The minimum atomic E-state index is 0.192. The van der Waals surface area contributed by atoms with Crippen LogP contribution in [0.15, 0.2) is 28.7 Å². The Morgan fingerprint density at radius 2 is 1.92 bits per heavy atom. The van der Waals surface area contributed by atoms with Crippen LogP contribution in [-0.2, 0) is 0 Å². The third-order valence-corrected chi connectivity index (χ3v) is 3.22. The highest BCUT2D eigenvalue weighted by Crippen LogP contribution is 2.21. The van der Waals surface area contributed by atoms with Crippen LogP contribution >= 0.6 is 38.7 Å². The Labute approximate surface area is 89.6 Å². The van der Waals surface area contributed by atoms with Crippen molar-refractivity contribution in [1.82, 2.24) is 0 Å². The molecule has 0 radical (unpaired) electrons. The summed E-state index contributed by atoms with van der Waals surface area (Å²) in [4.78, 5) is 11.3. The van der Waals surface area contributed by atoms with E-state index in [9.17, 15) is 4.79 Å². The van der Waals surface area contributed by atoms with E-state index in [1.54, 1.807) is 0 Å². The van der Waals surface area contributed by atoms with E-state index in [-0.39, 0.29) is 5.78 Å². The van der Waals surface area contributed by atoms with Gasteiger partial charge in [0.2, 0.25) is 0 Å². The van der Waals surface area contributed by atoms with Gasteiger partial charge in [0, 0.05) is 16.2 Å². The Hall–Kier alpha value is 0.280. The van der Waals surface area contributed by atoms with Crippen LogP contribution in [0.5, 0.6) is 0 Å². The van der Waals surface area contributed by atoms with Crippen molar-refractivity contribution in [3.8, 4) is 0 Å². The van der Waals surface area contributed by atoms with Crippen molar-refractivity contribution >= 4 is 44.5 Å². The Balaban J connectivity index is 2.75. The van der Waals surface area contributed by atoms with Gasteiger partial charge >= 0.3 is 0 Å². The average molecular weight is 310 g/mol. The van der Waals surface area contributed by atoms with Gasteiger partial charge in [0.15, 0.2) is 5.78 Å². The second-order valence-electron chi connectivity index (χ2n) is 2.24. The molecule has 0 aliphatic carbocycles. The lowest BCUT2D eigenvalue weighted by Crippen LogP contribution is -1.99. The van der Waals surface area contributed by atoms with E-state index in [4.69, 9.17) is 0 Å². The van der Waals surface area contributed by atoms with Crippen molar-refractivity contribution in [3.63, 3.8) is 0 Å². The molecule has 0 amide bonds. The monoisotopic (exact) mass is 308 g/mol. The molecular formula is C8H7Br2OP. The van der Waals surface area contributed by atoms with Crippen LogP contribution in [0.2, 0.25) is 0 Å². The lowest BCUT2D eigenvalue weighted by atomic mass is 10.2. The fourth-order valence-electron chi connectivity index (χ4n) is 0.799. The summed E-state index contributed by atoms with van der Waals surface area (Å²) in [5.74, 6) is 0.192. The first-order chi connectivity index (χ1) is 5.74. The first-order valence-electron chi connectivity index (χ1n) is 3.36. The molecule has 1 unspecified atom stereocenters. The van der Waals surface area contributed by atoms with Crippen LogP contribution in [0.3, 0.4) is 0 Å². The second kappa shape index (κ2) is 5.11. The van der Waals surface area contributed by atoms with Gasteiger partial charge in [-0.1, -0.05) is 43.6 Å². The number of halogens is 2. The molecular weight excluding hydrogens is 303 g/mol. The normalized spacial score (nSPS) is 10.8. The van der Waals surface area contributed by atoms with Gasteiger partial charge in [-0.3, -0.25) is 4.79 Å². The van der Waals surface area contributed by atoms with Gasteiger partial charge in [-0.25, -0.2) is 0 Å².